The van der Waals surface area contributed by atoms with Crippen molar-refractivity contribution in [1.82, 2.24) is 4.98 Å². The fourth-order valence-electron chi connectivity index (χ4n) is 1.12. The van der Waals surface area contributed by atoms with Gasteiger partial charge in [0.2, 0.25) is 0 Å². The number of nitrogens with zero attached hydrogens (tertiary/aromatic N) is 1. The lowest BCUT2D eigenvalue weighted by Gasteiger charge is -2.09. The lowest BCUT2D eigenvalue weighted by Crippen LogP contribution is -2.16. The van der Waals surface area contributed by atoms with E-state index in [1.54, 1.807) is 5.38 Å². The molecule has 2 aromatic rings. The van der Waals surface area contributed by atoms with Crippen molar-refractivity contribution in [3.05, 3.63) is 34.2 Å². The number of hydrogen-bond acceptors (Lipinski definition) is 4. The average molecular weight is 340 g/mol. The van der Waals surface area contributed by atoms with Gasteiger partial charge in [-0.05, 0) is 28.1 Å². The smallest absolute Gasteiger partial charge is 0.431 e. The molecule has 0 saturated heterocycles. The molecule has 8 heteroatoms. The summed E-state index contributed by atoms with van der Waals surface area (Å²) >= 11 is 4.37. The summed E-state index contributed by atoms with van der Waals surface area (Å²) in [6.07, 6.45) is -4.72. The van der Waals surface area contributed by atoms with Crippen molar-refractivity contribution in [3.8, 4) is 16.7 Å². The van der Waals surface area contributed by atoms with Gasteiger partial charge < -0.3 is 9.47 Å². The van der Waals surface area contributed by atoms with Gasteiger partial charge in [-0.1, -0.05) is 17.4 Å². The number of halogens is 4. The van der Waals surface area contributed by atoms with E-state index in [0.717, 1.165) is 6.07 Å². The molecule has 0 spiro atoms. The molecule has 0 saturated carbocycles. The minimum absolute atomic E-state index is 0.221. The summed E-state index contributed by atoms with van der Waals surface area (Å²) in [5, 5.41) is 2.02. The maximum Gasteiger partial charge on any atom is 0.573 e. The van der Waals surface area contributed by atoms with Crippen LogP contribution in [0.2, 0.25) is 0 Å². The molecule has 3 nitrogen and oxygen atoms in total. The molecule has 0 aliphatic rings. The molecular weight excluding hydrogens is 335 g/mol. The van der Waals surface area contributed by atoms with Crippen LogP contribution in [0.5, 0.6) is 16.7 Å². The predicted molar refractivity (Wildman–Crippen MR) is 63.0 cm³/mol. The van der Waals surface area contributed by atoms with Crippen LogP contribution in [0.15, 0.2) is 34.2 Å². The highest BCUT2D eigenvalue weighted by Gasteiger charge is 2.31. The summed E-state index contributed by atoms with van der Waals surface area (Å²) in [7, 11) is 0. The highest BCUT2D eigenvalue weighted by Crippen LogP contribution is 2.30. The Bertz CT molecular complexity index is 544. The second-order valence-electron chi connectivity index (χ2n) is 3.06. The average Bonchev–Trinajstić information content (AvgIpc) is 2.62. The Labute approximate surface area is 112 Å². The molecule has 1 aromatic heterocycles. The van der Waals surface area contributed by atoms with Crippen LogP contribution in [0.1, 0.15) is 0 Å². The quantitative estimate of drug-likeness (QED) is 0.819. The summed E-state index contributed by atoms with van der Waals surface area (Å²) in [5.74, 6) is -0.116. The third kappa shape index (κ3) is 3.88. The standard InChI is InChI=1S/C10H5BrF3NO2S/c11-8-5-18-9(15-8)16-6-2-1-3-7(4-6)17-10(12,13)14/h1-5H. The minimum atomic E-state index is -4.72. The maximum absolute atomic E-state index is 12.0. The summed E-state index contributed by atoms with van der Waals surface area (Å²) < 4.78 is 45.7. The number of aromatic nitrogens is 1. The fraction of sp³-hybridized carbons (Fsp3) is 0.100. The van der Waals surface area contributed by atoms with Crippen LogP contribution in [-0.2, 0) is 0 Å². The number of alkyl halides is 3. The van der Waals surface area contributed by atoms with E-state index in [0.29, 0.717) is 9.80 Å². The van der Waals surface area contributed by atoms with Gasteiger partial charge in [0.05, 0.1) is 0 Å². The van der Waals surface area contributed by atoms with Gasteiger partial charge in [-0.2, -0.15) is 4.98 Å². The maximum atomic E-state index is 12.0. The normalized spacial score (nSPS) is 11.3. The van der Waals surface area contributed by atoms with Crippen LogP contribution in [0.25, 0.3) is 0 Å². The molecule has 0 radical (unpaired) electrons. The van der Waals surface area contributed by atoms with E-state index >= 15 is 0 Å². The molecule has 96 valence electrons. The van der Waals surface area contributed by atoms with Crippen LogP contribution >= 0.6 is 27.3 Å². The van der Waals surface area contributed by atoms with Gasteiger partial charge in [-0.3, -0.25) is 0 Å². The molecule has 2 rings (SSSR count). The molecule has 1 aromatic carbocycles. The molecular formula is C10H5BrF3NO2S. The van der Waals surface area contributed by atoms with Crippen molar-refractivity contribution in [2.45, 2.75) is 6.36 Å². The van der Waals surface area contributed by atoms with Gasteiger partial charge >= 0.3 is 6.36 Å². The third-order valence-electron chi connectivity index (χ3n) is 1.70. The number of rotatable bonds is 3. The van der Waals surface area contributed by atoms with Crippen molar-refractivity contribution in [1.29, 1.82) is 0 Å². The van der Waals surface area contributed by atoms with E-state index in [2.05, 4.69) is 25.7 Å². The molecule has 0 atom stereocenters. The third-order valence-corrected chi connectivity index (χ3v) is 3.13. The summed E-state index contributed by atoms with van der Waals surface area (Å²) in [5.41, 5.74) is 0. The van der Waals surface area contributed by atoms with Crippen LogP contribution in [0, 0.1) is 0 Å². The Hall–Kier alpha value is -1.28. The van der Waals surface area contributed by atoms with Gasteiger partial charge in [-0.25, -0.2) is 0 Å². The van der Waals surface area contributed by atoms with Gasteiger partial charge in [0.1, 0.15) is 16.1 Å². The highest BCUT2D eigenvalue weighted by molar-refractivity contribution is 9.10. The highest BCUT2D eigenvalue weighted by atomic mass is 79.9. The summed E-state index contributed by atoms with van der Waals surface area (Å²) in [6.45, 7) is 0. The Balaban J connectivity index is 2.12. The van der Waals surface area contributed by atoms with E-state index < -0.39 is 6.36 Å². The second kappa shape index (κ2) is 5.15. The van der Waals surface area contributed by atoms with Gasteiger partial charge in [-0.15, -0.1) is 13.2 Å². The van der Waals surface area contributed by atoms with Crippen molar-refractivity contribution in [3.63, 3.8) is 0 Å². The summed E-state index contributed by atoms with van der Waals surface area (Å²) in [4.78, 5) is 3.96. The first-order valence-corrected chi connectivity index (χ1v) is 6.24. The first-order chi connectivity index (χ1) is 8.42. The van der Waals surface area contributed by atoms with Crippen LogP contribution < -0.4 is 9.47 Å². The van der Waals surface area contributed by atoms with Gasteiger partial charge in [0, 0.05) is 11.4 Å². The molecule has 1 heterocycles. The Kier molecular flexibility index (Phi) is 3.76. The number of ether oxygens (including phenoxy) is 2. The molecule has 0 fully saturated rings. The largest absolute Gasteiger partial charge is 0.573 e. The van der Waals surface area contributed by atoms with E-state index in [9.17, 15) is 13.2 Å². The Morgan fingerprint density at radius 1 is 1.22 bits per heavy atom. The first kappa shape index (κ1) is 13.2. The van der Waals surface area contributed by atoms with Gasteiger partial charge in [0.15, 0.2) is 0 Å². The predicted octanol–water partition coefficient (Wildman–Crippen LogP) is 4.60. The van der Waals surface area contributed by atoms with Crippen molar-refractivity contribution < 1.29 is 22.6 Å². The lowest BCUT2D eigenvalue weighted by molar-refractivity contribution is -0.274. The number of thiazole rings is 1. The second-order valence-corrected chi connectivity index (χ2v) is 4.69. The lowest BCUT2D eigenvalue weighted by atomic mass is 10.3. The van der Waals surface area contributed by atoms with E-state index in [-0.39, 0.29) is 11.5 Å². The molecule has 0 unspecified atom stereocenters. The first-order valence-electron chi connectivity index (χ1n) is 4.57. The van der Waals surface area contributed by atoms with Crippen molar-refractivity contribution in [2.75, 3.05) is 0 Å². The molecule has 0 aliphatic carbocycles. The van der Waals surface area contributed by atoms with Crippen LogP contribution in [0.3, 0.4) is 0 Å². The SMILES string of the molecule is FC(F)(F)Oc1cccc(Oc2nc(Br)cs2)c1. The molecule has 0 bridgehead atoms. The molecule has 0 aliphatic heterocycles. The zero-order valence-electron chi connectivity index (χ0n) is 8.57. The topological polar surface area (TPSA) is 31.4 Å². The Morgan fingerprint density at radius 3 is 2.56 bits per heavy atom. The fourth-order valence-corrected chi connectivity index (χ4v) is 2.23. The number of hydrogen-bond donors (Lipinski definition) is 0. The van der Waals surface area contributed by atoms with E-state index in [1.165, 1.54) is 29.5 Å². The minimum Gasteiger partial charge on any atom is -0.431 e. The molecule has 0 N–H and O–H groups in total. The zero-order valence-corrected chi connectivity index (χ0v) is 11.0. The number of benzene rings is 1. The monoisotopic (exact) mass is 339 g/mol. The van der Waals surface area contributed by atoms with E-state index in [4.69, 9.17) is 4.74 Å². The van der Waals surface area contributed by atoms with E-state index in [1.807, 2.05) is 0 Å². The summed E-state index contributed by atoms with van der Waals surface area (Å²) in [6, 6.07) is 5.25. The van der Waals surface area contributed by atoms with Crippen molar-refractivity contribution in [2.24, 2.45) is 0 Å². The van der Waals surface area contributed by atoms with Crippen LogP contribution in [-0.4, -0.2) is 11.3 Å². The Morgan fingerprint density at radius 2 is 1.94 bits per heavy atom. The van der Waals surface area contributed by atoms with Gasteiger partial charge in [0.25, 0.3) is 5.19 Å². The molecule has 0 amide bonds. The van der Waals surface area contributed by atoms with Crippen LogP contribution in [0.4, 0.5) is 13.2 Å². The zero-order chi connectivity index (χ0) is 13.2. The van der Waals surface area contributed by atoms with Crippen molar-refractivity contribution >= 4 is 27.3 Å². The molecule has 18 heavy (non-hydrogen) atoms.